The van der Waals surface area contributed by atoms with Gasteiger partial charge in [0.2, 0.25) is 0 Å². The normalized spacial score (nSPS) is 11.2. The summed E-state index contributed by atoms with van der Waals surface area (Å²) in [6.45, 7) is 1.97. The van der Waals surface area contributed by atoms with Crippen molar-refractivity contribution >= 4 is 33.6 Å². The summed E-state index contributed by atoms with van der Waals surface area (Å²) >= 11 is 1.49. The van der Waals surface area contributed by atoms with Crippen LogP contribution in [0, 0.1) is 6.92 Å². The molecule has 0 saturated heterocycles. The summed E-state index contributed by atoms with van der Waals surface area (Å²) in [5, 5.41) is 24.3. The first-order valence-electron chi connectivity index (χ1n) is 8.77. The van der Waals surface area contributed by atoms with Gasteiger partial charge in [0.1, 0.15) is 12.1 Å². The largest absolute Gasteiger partial charge is 0.507 e. The second-order valence-electron chi connectivity index (χ2n) is 6.27. The maximum absolute atomic E-state index is 10.2. The fourth-order valence-corrected chi connectivity index (χ4v) is 4.22. The van der Waals surface area contributed by atoms with Gasteiger partial charge in [0.25, 0.3) is 0 Å². The molecule has 2 aromatic carbocycles. The van der Waals surface area contributed by atoms with Crippen LogP contribution in [-0.2, 0) is 0 Å². The van der Waals surface area contributed by atoms with Gasteiger partial charge in [-0.05, 0) is 48.4 Å². The van der Waals surface area contributed by atoms with Crippen LogP contribution in [0.15, 0.2) is 53.9 Å². The Kier molecular flexibility index (Phi) is 5.01. The van der Waals surface area contributed by atoms with Gasteiger partial charge >= 0.3 is 0 Å². The van der Waals surface area contributed by atoms with Crippen molar-refractivity contribution in [3.8, 4) is 27.7 Å². The van der Waals surface area contributed by atoms with Gasteiger partial charge in [-0.1, -0.05) is 12.1 Å². The zero-order chi connectivity index (χ0) is 20.4. The smallest absolute Gasteiger partial charge is 0.167 e. The second kappa shape index (κ2) is 7.76. The van der Waals surface area contributed by atoms with Gasteiger partial charge in [-0.25, -0.2) is 9.97 Å². The van der Waals surface area contributed by atoms with E-state index in [0.29, 0.717) is 17.1 Å². The van der Waals surface area contributed by atoms with Crippen molar-refractivity contribution in [3.05, 3.63) is 59.9 Å². The molecule has 0 fully saturated rings. The van der Waals surface area contributed by atoms with Crippen LogP contribution in [0.3, 0.4) is 0 Å². The molecule has 3 N–H and O–H groups in total. The minimum Gasteiger partial charge on any atom is -0.507 e. The van der Waals surface area contributed by atoms with Crippen molar-refractivity contribution < 1.29 is 14.9 Å². The number of benzene rings is 2. The first-order valence-corrected chi connectivity index (χ1v) is 9.58. The molecule has 0 radical (unpaired) electrons. The lowest BCUT2D eigenvalue weighted by molar-refractivity contribution is 0.373. The lowest BCUT2D eigenvalue weighted by atomic mass is 10.1. The molecule has 2 heterocycles. The predicted octanol–water partition coefficient (Wildman–Crippen LogP) is 4.53. The number of para-hydroxylation sites is 1. The van der Waals surface area contributed by atoms with Crippen LogP contribution >= 0.6 is 11.3 Å². The quantitative estimate of drug-likeness (QED) is 0.333. The SMILES string of the molecule is COc1ccc(/C=N/Nc2ncnc3c(C)c(-c4ccccc4O)sc23)cc1O. The maximum Gasteiger partial charge on any atom is 0.167 e. The standard InChI is InChI=1S/C21H18N4O3S/c1-12-18-20(29-19(12)14-5-3-4-6-15(14)26)21(23-11-22-18)25-24-10-13-7-8-17(28-2)16(27)9-13/h3-11,26-27H,1-2H3,(H,22,23,25)/b24-10+. The molecule has 2 aromatic heterocycles. The van der Waals surface area contributed by atoms with E-state index in [4.69, 9.17) is 4.74 Å². The summed E-state index contributed by atoms with van der Waals surface area (Å²) in [7, 11) is 1.50. The van der Waals surface area contributed by atoms with E-state index in [1.807, 2.05) is 19.1 Å². The van der Waals surface area contributed by atoms with E-state index in [1.54, 1.807) is 36.5 Å². The number of aryl methyl sites for hydroxylation is 1. The van der Waals surface area contributed by atoms with E-state index in [1.165, 1.54) is 24.8 Å². The Hall–Kier alpha value is -3.65. The summed E-state index contributed by atoms with van der Waals surface area (Å²) in [5.41, 5.74) is 6.19. The fraction of sp³-hybridized carbons (Fsp3) is 0.0952. The Balaban J connectivity index is 1.66. The first-order chi connectivity index (χ1) is 14.1. The van der Waals surface area contributed by atoms with Crippen LogP contribution in [0.4, 0.5) is 5.82 Å². The summed E-state index contributed by atoms with van der Waals surface area (Å²) < 4.78 is 5.88. The highest BCUT2D eigenvalue weighted by Gasteiger charge is 2.16. The molecule has 146 valence electrons. The third-order valence-corrected chi connectivity index (χ3v) is 5.76. The highest BCUT2D eigenvalue weighted by molar-refractivity contribution is 7.23. The van der Waals surface area contributed by atoms with Gasteiger partial charge in [0, 0.05) is 10.4 Å². The van der Waals surface area contributed by atoms with E-state index in [2.05, 4.69) is 20.5 Å². The molecule has 0 spiro atoms. The third-order valence-electron chi connectivity index (χ3n) is 4.44. The first kappa shape index (κ1) is 18.7. The number of aromatic hydroxyl groups is 2. The number of methoxy groups -OCH3 is 1. The van der Waals surface area contributed by atoms with Gasteiger partial charge in [-0.2, -0.15) is 5.10 Å². The molecule has 4 aromatic rings. The maximum atomic E-state index is 10.2. The molecular formula is C21H18N4O3S. The van der Waals surface area contributed by atoms with Crippen molar-refractivity contribution in [1.82, 2.24) is 9.97 Å². The summed E-state index contributed by atoms with van der Waals surface area (Å²) in [6, 6.07) is 12.2. The van der Waals surface area contributed by atoms with Crippen LogP contribution in [-0.4, -0.2) is 33.5 Å². The number of thiophene rings is 1. The third kappa shape index (κ3) is 3.57. The molecular weight excluding hydrogens is 388 g/mol. The number of aromatic nitrogens is 2. The second-order valence-corrected chi connectivity index (χ2v) is 7.30. The molecule has 8 heteroatoms. The molecule has 29 heavy (non-hydrogen) atoms. The number of nitrogens with zero attached hydrogens (tertiary/aromatic N) is 3. The predicted molar refractivity (Wildman–Crippen MR) is 115 cm³/mol. The van der Waals surface area contributed by atoms with Crippen LogP contribution < -0.4 is 10.2 Å². The molecule has 0 amide bonds. The highest BCUT2D eigenvalue weighted by Crippen LogP contribution is 2.42. The van der Waals surface area contributed by atoms with Gasteiger partial charge < -0.3 is 14.9 Å². The molecule has 0 atom stereocenters. The minimum absolute atomic E-state index is 0.0436. The van der Waals surface area contributed by atoms with Crippen molar-refractivity contribution in [3.63, 3.8) is 0 Å². The molecule has 0 aliphatic heterocycles. The van der Waals surface area contributed by atoms with Crippen molar-refractivity contribution in [2.75, 3.05) is 12.5 Å². The number of phenolic OH excluding ortho intramolecular Hbond substituents is 2. The monoisotopic (exact) mass is 406 g/mol. The number of hydrazone groups is 1. The van der Waals surface area contributed by atoms with Crippen LogP contribution in [0.5, 0.6) is 17.2 Å². The number of ether oxygens (including phenoxy) is 1. The Bertz CT molecular complexity index is 1220. The molecule has 0 aliphatic rings. The molecule has 0 bridgehead atoms. The molecule has 0 aliphatic carbocycles. The van der Waals surface area contributed by atoms with Crippen molar-refractivity contribution in [1.29, 1.82) is 0 Å². The van der Waals surface area contributed by atoms with Crippen LogP contribution in [0.1, 0.15) is 11.1 Å². The summed E-state index contributed by atoms with van der Waals surface area (Å²) in [6.07, 6.45) is 3.06. The number of hydrogen-bond donors (Lipinski definition) is 3. The number of fused-ring (bicyclic) bond motifs is 1. The molecule has 7 nitrogen and oxygen atoms in total. The lowest BCUT2D eigenvalue weighted by Crippen LogP contribution is -1.95. The summed E-state index contributed by atoms with van der Waals surface area (Å²) in [5.74, 6) is 1.24. The lowest BCUT2D eigenvalue weighted by Gasteiger charge is -2.03. The zero-order valence-electron chi connectivity index (χ0n) is 15.7. The Morgan fingerprint density at radius 1 is 1.10 bits per heavy atom. The highest BCUT2D eigenvalue weighted by atomic mass is 32.1. The van der Waals surface area contributed by atoms with Crippen LogP contribution in [0.2, 0.25) is 0 Å². The van der Waals surface area contributed by atoms with Gasteiger partial charge in [-0.15, -0.1) is 11.3 Å². The Morgan fingerprint density at radius 3 is 2.69 bits per heavy atom. The van der Waals surface area contributed by atoms with E-state index < -0.39 is 0 Å². The van der Waals surface area contributed by atoms with Crippen LogP contribution in [0.25, 0.3) is 20.7 Å². The number of phenols is 2. The molecule has 0 unspecified atom stereocenters. The van der Waals surface area contributed by atoms with Gasteiger partial charge in [0.15, 0.2) is 17.3 Å². The average molecular weight is 406 g/mol. The Morgan fingerprint density at radius 2 is 1.93 bits per heavy atom. The van der Waals surface area contributed by atoms with E-state index in [-0.39, 0.29) is 11.5 Å². The topological polar surface area (TPSA) is 99.9 Å². The number of anilines is 1. The van der Waals surface area contributed by atoms with Crippen molar-refractivity contribution in [2.24, 2.45) is 5.10 Å². The van der Waals surface area contributed by atoms with E-state index in [9.17, 15) is 10.2 Å². The fourth-order valence-electron chi connectivity index (χ4n) is 2.98. The molecule has 0 saturated carbocycles. The molecule has 4 rings (SSSR count). The zero-order valence-corrected chi connectivity index (χ0v) is 16.6. The van der Waals surface area contributed by atoms with Gasteiger partial charge in [-0.3, -0.25) is 5.43 Å². The van der Waals surface area contributed by atoms with Gasteiger partial charge in [0.05, 0.1) is 23.5 Å². The van der Waals surface area contributed by atoms with E-state index in [0.717, 1.165) is 26.2 Å². The number of hydrogen-bond acceptors (Lipinski definition) is 8. The summed E-state index contributed by atoms with van der Waals surface area (Å²) in [4.78, 5) is 9.62. The van der Waals surface area contributed by atoms with Crippen molar-refractivity contribution in [2.45, 2.75) is 6.92 Å². The number of rotatable bonds is 5. The Labute approximate surface area is 171 Å². The minimum atomic E-state index is 0.0436. The average Bonchev–Trinajstić information content (AvgIpc) is 3.06. The number of nitrogens with one attached hydrogen (secondary N) is 1. The van der Waals surface area contributed by atoms with E-state index >= 15 is 0 Å².